The topological polar surface area (TPSA) is 111 Å². The van der Waals surface area contributed by atoms with Gasteiger partial charge in [0, 0.05) is 25.2 Å². The molecule has 0 aliphatic heterocycles. The number of hydrogen-bond donors (Lipinski definition) is 2. The van der Waals surface area contributed by atoms with Crippen LogP contribution < -0.4 is 10.6 Å². The highest BCUT2D eigenvalue weighted by molar-refractivity contribution is 5.94. The molecule has 0 atom stereocenters. The molecule has 34 heavy (non-hydrogen) atoms. The third-order valence-electron chi connectivity index (χ3n) is 4.60. The number of carbonyl (C=O) groups is 4. The first-order chi connectivity index (χ1) is 16.3. The standard InChI is InChI=1S/C26H24N2O6/c1-17(29)27-23-7-3-5-21(13-23)25(31)33-15-19-9-11-20(12-10-19)16-34-26(32)22-6-4-8-24(14-22)28-18(2)30/h3-14H,15-16H2,1-2H3,(H,27,29)(H,28,30). The van der Waals surface area contributed by atoms with E-state index in [1.807, 2.05) is 0 Å². The fourth-order valence-electron chi connectivity index (χ4n) is 3.05. The summed E-state index contributed by atoms with van der Waals surface area (Å²) in [6, 6.07) is 20.1. The van der Waals surface area contributed by atoms with Crippen molar-refractivity contribution in [2.45, 2.75) is 27.1 Å². The number of amides is 2. The monoisotopic (exact) mass is 460 g/mol. The van der Waals surface area contributed by atoms with E-state index < -0.39 is 11.9 Å². The van der Waals surface area contributed by atoms with Crippen molar-refractivity contribution >= 4 is 35.1 Å². The molecule has 0 aliphatic carbocycles. The van der Waals surface area contributed by atoms with Crippen molar-refractivity contribution in [2.24, 2.45) is 0 Å². The van der Waals surface area contributed by atoms with Gasteiger partial charge in [0.25, 0.3) is 0 Å². The number of hydrogen-bond acceptors (Lipinski definition) is 6. The van der Waals surface area contributed by atoms with Crippen molar-refractivity contribution in [1.82, 2.24) is 0 Å². The third kappa shape index (κ3) is 7.30. The minimum atomic E-state index is -0.508. The Balaban J connectivity index is 1.50. The largest absolute Gasteiger partial charge is 0.457 e. The van der Waals surface area contributed by atoms with Crippen molar-refractivity contribution in [3.63, 3.8) is 0 Å². The first-order valence-corrected chi connectivity index (χ1v) is 10.5. The van der Waals surface area contributed by atoms with E-state index >= 15 is 0 Å². The maximum Gasteiger partial charge on any atom is 0.338 e. The predicted molar refractivity (Wildman–Crippen MR) is 126 cm³/mol. The molecule has 0 saturated heterocycles. The first-order valence-electron chi connectivity index (χ1n) is 10.5. The van der Waals surface area contributed by atoms with E-state index in [1.165, 1.54) is 13.8 Å². The van der Waals surface area contributed by atoms with Crippen LogP contribution >= 0.6 is 0 Å². The van der Waals surface area contributed by atoms with Gasteiger partial charge in [-0.25, -0.2) is 9.59 Å². The predicted octanol–water partition coefficient (Wildman–Crippen LogP) is 4.32. The quantitative estimate of drug-likeness (QED) is 0.485. The molecule has 0 unspecified atom stereocenters. The minimum absolute atomic E-state index is 0.0687. The molecule has 0 saturated carbocycles. The Morgan fingerprint density at radius 3 is 1.35 bits per heavy atom. The molecule has 0 radical (unpaired) electrons. The highest BCUT2D eigenvalue weighted by Crippen LogP contribution is 2.15. The zero-order valence-electron chi connectivity index (χ0n) is 18.8. The van der Waals surface area contributed by atoms with Crippen LogP contribution in [-0.4, -0.2) is 23.8 Å². The zero-order valence-corrected chi connectivity index (χ0v) is 18.8. The van der Waals surface area contributed by atoms with E-state index in [4.69, 9.17) is 9.47 Å². The molecule has 2 N–H and O–H groups in total. The first kappa shape index (κ1) is 24.2. The lowest BCUT2D eigenvalue weighted by Crippen LogP contribution is -2.09. The van der Waals surface area contributed by atoms with E-state index in [1.54, 1.807) is 72.8 Å². The summed E-state index contributed by atoms with van der Waals surface area (Å²) < 4.78 is 10.7. The Hall–Kier alpha value is -4.46. The highest BCUT2D eigenvalue weighted by atomic mass is 16.5. The van der Waals surface area contributed by atoms with E-state index in [0.29, 0.717) is 22.5 Å². The van der Waals surface area contributed by atoms with Crippen molar-refractivity contribution in [1.29, 1.82) is 0 Å². The SMILES string of the molecule is CC(=O)Nc1cccc(C(=O)OCc2ccc(COC(=O)c3cccc(NC(C)=O)c3)cc2)c1. The number of nitrogens with one attached hydrogen (secondary N) is 2. The molecule has 0 spiro atoms. The van der Waals surface area contributed by atoms with Gasteiger partial charge in [0.2, 0.25) is 11.8 Å². The van der Waals surface area contributed by atoms with Crippen molar-refractivity contribution in [3.8, 4) is 0 Å². The maximum absolute atomic E-state index is 12.3. The molecule has 8 heteroatoms. The van der Waals surface area contributed by atoms with Crippen LogP contribution in [0.2, 0.25) is 0 Å². The van der Waals surface area contributed by atoms with E-state index in [0.717, 1.165) is 11.1 Å². The molecule has 2 amide bonds. The third-order valence-corrected chi connectivity index (χ3v) is 4.60. The van der Waals surface area contributed by atoms with Gasteiger partial charge in [0.1, 0.15) is 13.2 Å². The maximum atomic E-state index is 12.3. The fraction of sp³-hybridized carbons (Fsp3) is 0.154. The van der Waals surface area contributed by atoms with Crippen LogP contribution in [0.15, 0.2) is 72.8 Å². The molecule has 0 aromatic heterocycles. The summed E-state index contributed by atoms with van der Waals surface area (Å²) in [5.74, 6) is -1.47. The van der Waals surface area contributed by atoms with Crippen LogP contribution in [0.25, 0.3) is 0 Å². The molecule has 0 aliphatic rings. The van der Waals surface area contributed by atoms with Crippen molar-refractivity contribution in [2.75, 3.05) is 10.6 Å². The van der Waals surface area contributed by atoms with Crippen LogP contribution in [0.5, 0.6) is 0 Å². The lowest BCUT2D eigenvalue weighted by molar-refractivity contribution is -0.115. The van der Waals surface area contributed by atoms with Gasteiger partial charge >= 0.3 is 11.9 Å². The van der Waals surface area contributed by atoms with E-state index in [-0.39, 0.29) is 25.0 Å². The Bertz CT molecular complexity index is 1110. The van der Waals surface area contributed by atoms with Gasteiger partial charge in [-0.05, 0) is 47.5 Å². The number of anilines is 2. The van der Waals surface area contributed by atoms with Gasteiger partial charge in [-0.3, -0.25) is 9.59 Å². The number of carbonyl (C=O) groups excluding carboxylic acids is 4. The number of benzene rings is 3. The fourth-order valence-corrected chi connectivity index (χ4v) is 3.05. The van der Waals surface area contributed by atoms with Gasteiger partial charge < -0.3 is 20.1 Å². The molecule has 0 heterocycles. The van der Waals surface area contributed by atoms with Gasteiger partial charge in [0.05, 0.1) is 11.1 Å². The van der Waals surface area contributed by atoms with Crippen molar-refractivity contribution < 1.29 is 28.7 Å². The Labute approximate surface area is 196 Å². The van der Waals surface area contributed by atoms with Crippen LogP contribution in [0.1, 0.15) is 45.7 Å². The molecule has 3 aromatic carbocycles. The molecular weight excluding hydrogens is 436 g/mol. The second-order valence-corrected chi connectivity index (χ2v) is 7.49. The number of esters is 2. The summed E-state index contributed by atoms with van der Waals surface area (Å²) in [5.41, 5.74) is 3.23. The summed E-state index contributed by atoms with van der Waals surface area (Å²) >= 11 is 0. The second-order valence-electron chi connectivity index (χ2n) is 7.49. The highest BCUT2D eigenvalue weighted by Gasteiger charge is 2.11. The molecule has 8 nitrogen and oxygen atoms in total. The number of rotatable bonds is 8. The van der Waals surface area contributed by atoms with Crippen LogP contribution in [0.3, 0.4) is 0 Å². The summed E-state index contributed by atoms with van der Waals surface area (Å²) in [7, 11) is 0. The minimum Gasteiger partial charge on any atom is -0.457 e. The van der Waals surface area contributed by atoms with Gasteiger partial charge in [-0.1, -0.05) is 36.4 Å². The van der Waals surface area contributed by atoms with E-state index in [2.05, 4.69) is 10.6 Å². The molecule has 174 valence electrons. The summed E-state index contributed by atoms with van der Waals surface area (Å²) in [6.45, 7) is 2.92. The van der Waals surface area contributed by atoms with Gasteiger partial charge in [-0.2, -0.15) is 0 Å². The second kappa shape index (κ2) is 11.4. The van der Waals surface area contributed by atoms with Crippen molar-refractivity contribution in [3.05, 3.63) is 95.1 Å². The lowest BCUT2D eigenvalue weighted by Gasteiger charge is -2.09. The van der Waals surface area contributed by atoms with Gasteiger partial charge in [0.15, 0.2) is 0 Å². The summed E-state index contributed by atoms with van der Waals surface area (Å²) in [6.07, 6.45) is 0. The smallest absolute Gasteiger partial charge is 0.338 e. The molecule has 3 aromatic rings. The van der Waals surface area contributed by atoms with Gasteiger partial charge in [-0.15, -0.1) is 0 Å². The Morgan fingerprint density at radius 2 is 1.00 bits per heavy atom. The molecule has 3 rings (SSSR count). The normalized spacial score (nSPS) is 10.2. The summed E-state index contributed by atoms with van der Waals surface area (Å²) in [4.78, 5) is 46.9. The average Bonchev–Trinajstić information content (AvgIpc) is 2.81. The summed E-state index contributed by atoms with van der Waals surface area (Å²) in [5, 5.41) is 5.24. The van der Waals surface area contributed by atoms with Crippen LogP contribution in [-0.2, 0) is 32.3 Å². The number of ether oxygens (including phenoxy) is 2. The zero-order chi connectivity index (χ0) is 24.5. The lowest BCUT2D eigenvalue weighted by atomic mass is 10.1. The molecule has 0 bridgehead atoms. The molecule has 0 fully saturated rings. The van der Waals surface area contributed by atoms with Crippen LogP contribution in [0.4, 0.5) is 11.4 Å². The Morgan fingerprint density at radius 1 is 0.618 bits per heavy atom. The average molecular weight is 460 g/mol. The molecular formula is C26H24N2O6. The van der Waals surface area contributed by atoms with Crippen LogP contribution in [0, 0.1) is 0 Å². The van der Waals surface area contributed by atoms with E-state index in [9.17, 15) is 19.2 Å². The Kier molecular flexibility index (Phi) is 8.12.